The molecule has 0 spiro atoms. The van der Waals surface area contributed by atoms with Crippen LogP contribution in [0, 0.1) is 0 Å². The van der Waals surface area contributed by atoms with Crippen molar-refractivity contribution < 1.29 is 4.79 Å². The Morgan fingerprint density at radius 1 is 1.30 bits per heavy atom. The third-order valence-electron chi connectivity index (χ3n) is 3.37. The van der Waals surface area contributed by atoms with Gasteiger partial charge >= 0.3 is 0 Å². The summed E-state index contributed by atoms with van der Waals surface area (Å²) in [6.45, 7) is 1.74. The molecule has 0 aliphatic carbocycles. The topological polar surface area (TPSA) is 54.0 Å². The number of anilines is 1. The highest BCUT2D eigenvalue weighted by Gasteiger charge is 2.17. The van der Waals surface area contributed by atoms with E-state index in [4.69, 9.17) is 0 Å². The van der Waals surface area contributed by atoms with E-state index >= 15 is 0 Å². The van der Waals surface area contributed by atoms with E-state index < -0.39 is 0 Å². The van der Waals surface area contributed by atoms with E-state index in [1.165, 1.54) is 5.56 Å². The molecule has 3 rings (SSSR count). The van der Waals surface area contributed by atoms with Gasteiger partial charge in [0.2, 0.25) is 0 Å². The van der Waals surface area contributed by atoms with Crippen molar-refractivity contribution in [1.82, 2.24) is 10.3 Å². The number of fused-ring (bicyclic) bond motifs is 1. The number of amides is 1. The number of nitrogens with zero attached hydrogens (tertiary/aromatic N) is 1. The molecule has 0 unspecified atom stereocenters. The van der Waals surface area contributed by atoms with E-state index in [1.54, 1.807) is 12.3 Å². The van der Waals surface area contributed by atoms with Crippen molar-refractivity contribution in [1.29, 1.82) is 0 Å². The van der Waals surface area contributed by atoms with Crippen LogP contribution in [0.4, 0.5) is 5.69 Å². The SMILES string of the molecule is O=C(Nc1ccc(Br)nc1)c1cccc2c1CCNC2. The maximum atomic E-state index is 12.4. The molecule has 1 aromatic heterocycles. The van der Waals surface area contributed by atoms with Gasteiger partial charge in [0.15, 0.2) is 0 Å². The van der Waals surface area contributed by atoms with Crippen molar-refractivity contribution in [2.24, 2.45) is 0 Å². The van der Waals surface area contributed by atoms with Crippen LogP contribution >= 0.6 is 15.9 Å². The number of benzene rings is 1. The van der Waals surface area contributed by atoms with Crippen LogP contribution in [0.3, 0.4) is 0 Å². The molecule has 20 heavy (non-hydrogen) atoms. The fourth-order valence-electron chi connectivity index (χ4n) is 2.39. The summed E-state index contributed by atoms with van der Waals surface area (Å²) in [5.74, 6) is -0.0760. The lowest BCUT2D eigenvalue weighted by molar-refractivity contribution is 0.102. The van der Waals surface area contributed by atoms with E-state index in [0.29, 0.717) is 5.69 Å². The van der Waals surface area contributed by atoms with Gasteiger partial charge in [0.05, 0.1) is 11.9 Å². The smallest absolute Gasteiger partial charge is 0.255 e. The van der Waals surface area contributed by atoms with Crippen LogP contribution in [0.15, 0.2) is 41.1 Å². The van der Waals surface area contributed by atoms with Gasteiger partial charge in [-0.3, -0.25) is 4.79 Å². The number of pyridine rings is 1. The summed E-state index contributed by atoms with van der Waals surface area (Å²) in [6, 6.07) is 9.51. The predicted octanol–water partition coefficient (Wildman–Crippen LogP) is 2.74. The van der Waals surface area contributed by atoms with E-state index in [-0.39, 0.29) is 5.91 Å². The Balaban J connectivity index is 1.85. The van der Waals surface area contributed by atoms with Crippen LogP contribution in [0.25, 0.3) is 0 Å². The monoisotopic (exact) mass is 331 g/mol. The molecular weight excluding hydrogens is 318 g/mol. The van der Waals surface area contributed by atoms with E-state index in [2.05, 4.69) is 37.6 Å². The normalized spacial score (nSPS) is 13.7. The average molecular weight is 332 g/mol. The van der Waals surface area contributed by atoms with E-state index in [1.807, 2.05) is 18.2 Å². The van der Waals surface area contributed by atoms with Crippen molar-refractivity contribution in [3.8, 4) is 0 Å². The fraction of sp³-hybridized carbons (Fsp3) is 0.200. The molecule has 1 aliphatic rings. The number of hydrogen-bond donors (Lipinski definition) is 2. The molecule has 0 saturated carbocycles. The Kier molecular flexibility index (Phi) is 3.80. The average Bonchev–Trinajstić information content (AvgIpc) is 2.49. The number of carbonyl (C=O) groups is 1. The number of nitrogens with one attached hydrogen (secondary N) is 2. The zero-order valence-corrected chi connectivity index (χ0v) is 12.4. The number of hydrogen-bond acceptors (Lipinski definition) is 3. The molecule has 2 aromatic rings. The second-order valence-electron chi connectivity index (χ2n) is 4.69. The lowest BCUT2D eigenvalue weighted by atomic mass is 9.95. The van der Waals surface area contributed by atoms with Crippen molar-refractivity contribution in [2.75, 3.05) is 11.9 Å². The molecule has 1 amide bonds. The summed E-state index contributed by atoms with van der Waals surface area (Å²) in [7, 11) is 0. The van der Waals surface area contributed by atoms with Gasteiger partial charge in [-0.2, -0.15) is 0 Å². The maximum absolute atomic E-state index is 12.4. The van der Waals surface area contributed by atoms with Crippen molar-refractivity contribution >= 4 is 27.5 Å². The largest absolute Gasteiger partial charge is 0.321 e. The van der Waals surface area contributed by atoms with Gasteiger partial charge in [-0.25, -0.2) is 4.98 Å². The first-order valence-electron chi connectivity index (χ1n) is 6.48. The minimum Gasteiger partial charge on any atom is -0.321 e. The third-order valence-corrected chi connectivity index (χ3v) is 3.84. The first-order chi connectivity index (χ1) is 9.74. The summed E-state index contributed by atoms with van der Waals surface area (Å²) in [5.41, 5.74) is 3.81. The van der Waals surface area contributed by atoms with Crippen LogP contribution in [0.5, 0.6) is 0 Å². The summed E-state index contributed by atoms with van der Waals surface area (Å²) in [4.78, 5) is 16.5. The Morgan fingerprint density at radius 2 is 2.20 bits per heavy atom. The summed E-state index contributed by atoms with van der Waals surface area (Å²) >= 11 is 3.28. The summed E-state index contributed by atoms with van der Waals surface area (Å²) in [6.07, 6.45) is 2.52. The molecule has 0 radical (unpaired) electrons. The molecule has 2 heterocycles. The van der Waals surface area contributed by atoms with Crippen molar-refractivity contribution in [3.05, 3.63) is 57.8 Å². The first kappa shape index (κ1) is 13.3. The first-order valence-corrected chi connectivity index (χ1v) is 7.28. The van der Waals surface area contributed by atoms with Crippen LogP contribution in [-0.2, 0) is 13.0 Å². The van der Waals surface area contributed by atoms with Crippen molar-refractivity contribution in [3.63, 3.8) is 0 Å². The van der Waals surface area contributed by atoms with Crippen LogP contribution in [-0.4, -0.2) is 17.4 Å². The van der Waals surface area contributed by atoms with Gasteiger partial charge < -0.3 is 10.6 Å². The molecule has 0 bridgehead atoms. The van der Waals surface area contributed by atoms with Crippen LogP contribution in [0.1, 0.15) is 21.5 Å². The number of carbonyl (C=O) groups excluding carboxylic acids is 1. The molecule has 5 heteroatoms. The van der Waals surface area contributed by atoms with Gasteiger partial charge in [-0.05, 0) is 58.2 Å². The zero-order chi connectivity index (χ0) is 13.9. The second kappa shape index (κ2) is 5.73. The quantitative estimate of drug-likeness (QED) is 0.832. The lowest BCUT2D eigenvalue weighted by Gasteiger charge is -2.19. The molecular formula is C15H14BrN3O. The fourth-order valence-corrected chi connectivity index (χ4v) is 2.63. The Hall–Kier alpha value is -1.72. The summed E-state index contributed by atoms with van der Waals surface area (Å²) in [5, 5.41) is 6.21. The highest BCUT2D eigenvalue weighted by Crippen LogP contribution is 2.20. The Bertz CT molecular complexity index is 640. The molecule has 1 aromatic carbocycles. The second-order valence-corrected chi connectivity index (χ2v) is 5.51. The predicted molar refractivity (Wildman–Crippen MR) is 81.7 cm³/mol. The molecule has 4 nitrogen and oxygen atoms in total. The van der Waals surface area contributed by atoms with Crippen LogP contribution < -0.4 is 10.6 Å². The van der Waals surface area contributed by atoms with Gasteiger partial charge in [-0.1, -0.05) is 12.1 Å². The standard InChI is InChI=1S/C15H14BrN3O/c16-14-5-4-11(9-18-14)19-15(20)13-3-1-2-10-8-17-7-6-12(10)13/h1-5,9,17H,6-8H2,(H,19,20). The molecule has 0 atom stereocenters. The van der Waals surface area contributed by atoms with E-state index in [9.17, 15) is 4.79 Å². The summed E-state index contributed by atoms with van der Waals surface area (Å²) < 4.78 is 0.749. The van der Waals surface area contributed by atoms with E-state index in [0.717, 1.165) is 35.2 Å². The van der Waals surface area contributed by atoms with Crippen molar-refractivity contribution in [2.45, 2.75) is 13.0 Å². The third kappa shape index (κ3) is 2.73. The van der Waals surface area contributed by atoms with Gasteiger partial charge in [0.1, 0.15) is 4.60 Å². The minimum absolute atomic E-state index is 0.0760. The Morgan fingerprint density at radius 3 is 3.00 bits per heavy atom. The minimum atomic E-state index is -0.0760. The lowest BCUT2D eigenvalue weighted by Crippen LogP contribution is -2.26. The van der Waals surface area contributed by atoms with Crippen LogP contribution in [0.2, 0.25) is 0 Å². The number of halogens is 1. The van der Waals surface area contributed by atoms with Gasteiger partial charge in [-0.15, -0.1) is 0 Å². The molecule has 102 valence electrons. The highest BCUT2D eigenvalue weighted by molar-refractivity contribution is 9.10. The van der Waals surface area contributed by atoms with Gasteiger partial charge in [0.25, 0.3) is 5.91 Å². The molecule has 2 N–H and O–H groups in total. The number of rotatable bonds is 2. The molecule has 0 saturated heterocycles. The molecule has 0 fully saturated rings. The number of aromatic nitrogens is 1. The van der Waals surface area contributed by atoms with Gasteiger partial charge in [0, 0.05) is 12.1 Å². The zero-order valence-electron chi connectivity index (χ0n) is 10.8. The highest BCUT2D eigenvalue weighted by atomic mass is 79.9. The Labute approximate surface area is 125 Å². The molecule has 1 aliphatic heterocycles. The maximum Gasteiger partial charge on any atom is 0.255 e.